The highest BCUT2D eigenvalue weighted by Crippen LogP contribution is 2.43. The number of ether oxygens (including phenoxy) is 3. The van der Waals surface area contributed by atoms with Crippen molar-refractivity contribution >= 4 is 11.9 Å². The molecule has 3 heterocycles. The fourth-order valence-electron chi connectivity index (χ4n) is 4.26. The maximum Gasteiger partial charge on any atom is 0.270 e. The highest BCUT2D eigenvalue weighted by molar-refractivity contribution is 6.03. The molecule has 5 rings (SSSR count). The smallest absolute Gasteiger partial charge is 0.270 e. The summed E-state index contributed by atoms with van der Waals surface area (Å²) in [5.74, 6) is 0.601. The number of H-pyrrole nitrogens is 1. The summed E-state index contributed by atoms with van der Waals surface area (Å²) in [7, 11) is 3.24. The molecule has 1 amide bonds. The van der Waals surface area contributed by atoms with Gasteiger partial charge in [-0.1, -0.05) is 23.3 Å². The molecule has 35 heavy (non-hydrogen) atoms. The molecule has 1 aliphatic carbocycles. The van der Waals surface area contributed by atoms with Crippen molar-refractivity contribution in [3.8, 4) is 22.8 Å². The lowest BCUT2D eigenvalue weighted by Gasteiger charge is -2.33. The topological polar surface area (TPSA) is 133 Å². The number of anilines is 1. The summed E-state index contributed by atoms with van der Waals surface area (Å²) >= 11 is 0. The summed E-state index contributed by atoms with van der Waals surface area (Å²) in [6.07, 6.45) is 9.03. The Kier molecular flexibility index (Phi) is 6.15. The van der Waals surface area contributed by atoms with Gasteiger partial charge in [0, 0.05) is 38.0 Å². The van der Waals surface area contributed by atoms with Crippen LogP contribution in [0, 0.1) is 0 Å². The quantitative estimate of drug-likeness (QED) is 0.450. The number of aromatic nitrogens is 5. The van der Waals surface area contributed by atoms with Crippen LogP contribution < -0.4 is 20.2 Å². The third-order valence-corrected chi connectivity index (χ3v) is 6.02. The number of nitrogens with one attached hydrogen (secondary N) is 2. The Bertz CT molecular complexity index is 1380. The maximum absolute atomic E-state index is 13.0. The lowest BCUT2D eigenvalue weighted by molar-refractivity contribution is 0.102. The number of tetrazole rings is 1. The summed E-state index contributed by atoms with van der Waals surface area (Å²) in [5, 5.41) is 15.6. The number of carbonyl (C=O) groups excluding carboxylic acids is 1. The van der Waals surface area contributed by atoms with Crippen LogP contribution in [0.1, 0.15) is 28.4 Å². The summed E-state index contributed by atoms with van der Waals surface area (Å²) < 4.78 is 18.6. The molecule has 0 bridgehead atoms. The SMILES string of the molecule is COCCCOc1cc2c(cc1OC)-c1cc(=O)c(C(=O)Nc3nn[nH]n3)cn1C(C1=CC=C1)C2. The van der Waals surface area contributed by atoms with Gasteiger partial charge in [-0.15, -0.1) is 5.10 Å². The molecule has 1 aromatic carbocycles. The standard InChI is InChI=1S/C24H24N6O5/c1-33-7-4-8-35-22-10-15-9-18(14-5-3-6-14)30-13-17(23(32)25-24-26-28-29-27-24)20(31)12-19(30)16(15)11-21(22)34-2/h3,5-6,10-13,18H,4,7-9H2,1-2H3,(H2,25,26,27,28,29,32). The molecule has 0 radical (unpaired) electrons. The van der Waals surface area contributed by atoms with Gasteiger partial charge in [-0.05, 0) is 34.9 Å². The second-order valence-electron chi connectivity index (χ2n) is 8.13. The molecule has 0 spiro atoms. The van der Waals surface area contributed by atoms with Crippen molar-refractivity contribution in [2.45, 2.75) is 18.9 Å². The van der Waals surface area contributed by atoms with Crippen LogP contribution in [0.3, 0.4) is 0 Å². The molecule has 2 aliphatic rings. The average molecular weight is 476 g/mol. The zero-order chi connectivity index (χ0) is 24.4. The fourth-order valence-corrected chi connectivity index (χ4v) is 4.26. The molecule has 1 aliphatic heterocycles. The number of nitrogens with zero attached hydrogens (tertiary/aromatic N) is 4. The van der Waals surface area contributed by atoms with Gasteiger partial charge >= 0.3 is 0 Å². The number of pyridine rings is 1. The number of hydrogen-bond donors (Lipinski definition) is 2. The van der Waals surface area contributed by atoms with Crippen LogP contribution in [-0.4, -0.2) is 58.5 Å². The molecule has 2 N–H and O–H groups in total. The van der Waals surface area contributed by atoms with Crippen molar-refractivity contribution in [2.24, 2.45) is 0 Å². The van der Waals surface area contributed by atoms with E-state index in [1.165, 1.54) is 6.07 Å². The van der Waals surface area contributed by atoms with Crippen LogP contribution in [0.15, 0.2) is 53.0 Å². The number of allylic oxidation sites excluding steroid dienone is 4. The minimum Gasteiger partial charge on any atom is -0.493 e. The van der Waals surface area contributed by atoms with Crippen LogP contribution in [-0.2, 0) is 11.2 Å². The number of aromatic amines is 1. The zero-order valence-corrected chi connectivity index (χ0v) is 19.3. The number of hydrogen-bond acceptors (Lipinski definition) is 8. The molecule has 180 valence electrons. The van der Waals surface area contributed by atoms with Crippen LogP contribution in [0.4, 0.5) is 5.95 Å². The summed E-state index contributed by atoms with van der Waals surface area (Å²) in [6.45, 7) is 1.10. The highest BCUT2D eigenvalue weighted by atomic mass is 16.5. The molecule has 1 unspecified atom stereocenters. The van der Waals surface area contributed by atoms with E-state index in [-0.39, 0.29) is 17.6 Å². The molecule has 0 fully saturated rings. The van der Waals surface area contributed by atoms with Gasteiger partial charge in [0.15, 0.2) is 16.9 Å². The van der Waals surface area contributed by atoms with E-state index in [0.717, 1.165) is 23.1 Å². The first kappa shape index (κ1) is 22.5. The minimum atomic E-state index is -0.605. The monoisotopic (exact) mass is 476 g/mol. The molecular weight excluding hydrogens is 452 g/mol. The largest absolute Gasteiger partial charge is 0.493 e. The van der Waals surface area contributed by atoms with Crippen molar-refractivity contribution in [2.75, 3.05) is 32.8 Å². The van der Waals surface area contributed by atoms with E-state index in [0.29, 0.717) is 36.8 Å². The number of carbonyl (C=O) groups is 1. The molecule has 3 aromatic rings. The highest BCUT2D eigenvalue weighted by Gasteiger charge is 2.30. The second kappa shape index (κ2) is 9.55. The molecule has 0 saturated carbocycles. The molecule has 1 atom stereocenters. The third kappa shape index (κ3) is 4.33. The van der Waals surface area contributed by atoms with Gasteiger partial charge < -0.3 is 18.8 Å². The Hall–Kier alpha value is -4.25. The summed E-state index contributed by atoms with van der Waals surface area (Å²) in [5.41, 5.74) is 3.25. The van der Waals surface area contributed by atoms with Crippen LogP contribution in [0.5, 0.6) is 11.5 Å². The van der Waals surface area contributed by atoms with Crippen LogP contribution >= 0.6 is 0 Å². The predicted molar refractivity (Wildman–Crippen MR) is 127 cm³/mol. The number of methoxy groups -OCH3 is 2. The number of benzene rings is 1. The van der Waals surface area contributed by atoms with Gasteiger partial charge in [0.25, 0.3) is 11.9 Å². The lowest BCUT2D eigenvalue weighted by Crippen LogP contribution is -2.29. The molecule has 0 saturated heterocycles. The van der Waals surface area contributed by atoms with Gasteiger partial charge in [-0.25, -0.2) is 0 Å². The van der Waals surface area contributed by atoms with Crippen LogP contribution in [0.25, 0.3) is 11.3 Å². The van der Waals surface area contributed by atoms with E-state index >= 15 is 0 Å². The Labute approximate surface area is 200 Å². The Morgan fingerprint density at radius 1 is 1.23 bits per heavy atom. The number of amides is 1. The van der Waals surface area contributed by atoms with E-state index in [9.17, 15) is 9.59 Å². The van der Waals surface area contributed by atoms with Crippen LogP contribution in [0.2, 0.25) is 0 Å². The third-order valence-electron chi connectivity index (χ3n) is 6.02. The molecule has 11 heteroatoms. The van der Waals surface area contributed by atoms with Gasteiger partial charge in [-0.3, -0.25) is 14.9 Å². The lowest BCUT2D eigenvalue weighted by atomic mass is 9.86. The Morgan fingerprint density at radius 3 is 2.77 bits per heavy atom. The van der Waals surface area contributed by atoms with Crippen molar-refractivity contribution in [3.63, 3.8) is 0 Å². The first-order valence-corrected chi connectivity index (χ1v) is 11.1. The van der Waals surface area contributed by atoms with Crippen molar-refractivity contribution in [1.82, 2.24) is 25.2 Å². The Balaban J connectivity index is 1.55. The van der Waals surface area contributed by atoms with E-state index in [2.05, 4.69) is 25.9 Å². The summed E-state index contributed by atoms with van der Waals surface area (Å²) in [6, 6.07) is 5.25. The van der Waals surface area contributed by atoms with E-state index in [4.69, 9.17) is 14.2 Å². The maximum atomic E-state index is 13.0. The first-order chi connectivity index (χ1) is 17.1. The van der Waals surface area contributed by atoms with E-state index in [1.807, 2.05) is 34.9 Å². The Morgan fingerprint density at radius 2 is 2.09 bits per heavy atom. The number of fused-ring (bicyclic) bond motifs is 3. The molecule has 11 nitrogen and oxygen atoms in total. The van der Waals surface area contributed by atoms with E-state index in [1.54, 1.807) is 20.4 Å². The molecule has 2 aromatic heterocycles. The minimum absolute atomic E-state index is 0.00795. The van der Waals surface area contributed by atoms with E-state index < -0.39 is 11.3 Å². The first-order valence-electron chi connectivity index (χ1n) is 11.1. The zero-order valence-electron chi connectivity index (χ0n) is 19.3. The van der Waals surface area contributed by atoms with Crippen molar-refractivity contribution in [3.05, 3.63) is 69.5 Å². The van der Waals surface area contributed by atoms with Gasteiger partial charge in [0.1, 0.15) is 5.56 Å². The second-order valence-corrected chi connectivity index (χ2v) is 8.13. The average Bonchev–Trinajstić information content (AvgIpc) is 3.33. The predicted octanol–water partition coefficient (Wildman–Crippen LogP) is 2.30. The molecular formula is C24H24N6O5. The van der Waals surface area contributed by atoms with Gasteiger partial charge in [0.05, 0.1) is 25.5 Å². The number of rotatable bonds is 9. The van der Waals surface area contributed by atoms with Crippen molar-refractivity contribution < 1.29 is 19.0 Å². The van der Waals surface area contributed by atoms with Gasteiger partial charge in [-0.2, -0.15) is 5.21 Å². The summed E-state index contributed by atoms with van der Waals surface area (Å²) in [4.78, 5) is 25.8. The van der Waals surface area contributed by atoms with Crippen molar-refractivity contribution in [1.29, 1.82) is 0 Å². The van der Waals surface area contributed by atoms with Gasteiger partial charge in [0.2, 0.25) is 0 Å². The fraction of sp³-hybridized carbons (Fsp3) is 0.292. The normalized spacial score (nSPS) is 15.5.